The fraction of sp³-hybridized carbons (Fsp3) is 0.750. The lowest BCUT2D eigenvalue weighted by molar-refractivity contribution is -0.120. The molecule has 1 aliphatic carbocycles. The van der Waals surface area contributed by atoms with Gasteiger partial charge in [0, 0.05) is 5.92 Å². The Bertz CT molecular complexity index is 222. The van der Waals surface area contributed by atoms with E-state index in [0.29, 0.717) is 0 Å². The Morgan fingerprint density at radius 2 is 2.08 bits per heavy atom. The van der Waals surface area contributed by atoms with Gasteiger partial charge in [-0.1, -0.05) is 13.8 Å². The van der Waals surface area contributed by atoms with Crippen molar-refractivity contribution in [3.8, 4) is 0 Å². The number of nitrogens with one attached hydrogen (secondary N) is 1. The highest BCUT2D eigenvalue weighted by Gasteiger charge is 2.49. The number of rotatable bonds is 3. The minimum atomic E-state index is -1.14. The minimum absolute atomic E-state index is 0.00222. The first-order valence-electron chi connectivity index (χ1n) is 3.93. The second-order valence-electron chi connectivity index (χ2n) is 3.87. The van der Waals surface area contributed by atoms with Crippen LogP contribution >= 0.6 is 0 Å². The van der Waals surface area contributed by atoms with Crippen molar-refractivity contribution in [2.24, 2.45) is 11.3 Å². The summed E-state index contributed by atoms with van der Waals surface area (Å²) in [6.07, 6.45) is -0.255. The van der Waals surface area contributed by atoms with E-state index in [9.17, 15) is 9.59 Å². The highest BCUT2D eigenvalue weighted by molar-refractivity contribution is 5.88. The summed E-state index contributed by atoms with van der Waals surface area (Å²) in [6.45, 7) is 3.97. The lowest BCUT2D eigenvalue weighted by Crippen LogP contribution is -2.29. The van der Waals surface area contributed by atoms with Crippen molar-refractivity contribution < 1.29 is 14.7 Å². The van der Waals surface area contributed by atoms with Gasteiger partial charge in [0.25, 0.3) is 0 Å². The lowest BCUT2D eigenvalue weighted by atomic mass is 10.1. The number of carbonyl (C=O) groups excluding carboxylic acids is 1. The zero-order chi connectivity index (χ0) is 9.35. The van der Waals surface area contributed by atoms with E-state index >= 15 is 0 Å². The van der Waals surface area contributed by atoms with Gasteiger partial charge in [0.15, 0.2) is 5.78 Å². The first kappa shape index (κ1) is 9.03. The molecule has 1 fully saturated rings. The van der Waals surface area contributed by atoms with Crippen LogP contribution in [0.3, 0.4) is 0 Å². The number of ketones is 1. The fourth-order valence-corrected chi connectivity index (χ4v) is 1.30. The summed E-state index contributed by atoms with van der Waals surface area (Å²) >= 11 is 0. The van der Waals surface area contributed by atoms with Crippen LogP contribution in [0.5, 0.6) is 0 Å². The Morgan fingerprint density at radius 1 is 1.58 bits per heavy atom. The third-order valence-corrected chi connectivity index (χ3v) is 2.32. The summed E-state index contributed by atoms with van der Waals surface area (Å²) in [7, 11) is 0. The molecule has 1 amide bonds. The van der Waals surface area contributed by atoms with Crippen molar-refractivity contribution in [2.45, 2.75) is 20.3 Å². The van der Waals surface area contributed by atoms with Gasteiger partial charge in [-0.05, 0) is 11.8 Å². The molecule has 0 radical (unpaired) electrons. The van der Waals surface area contributed by atoms with Gasteiger partial charge >= 0.3 is 6.09 Å². The number of carboxylic acid groups (broad SMARTS) is 1. The molecular formula is C8H13NO3. The Labute approximate surface area is 71.0 Å². The maximum Gasteiger partial charge on any atom is 0.405 e. The van der Waals surface area contributed by atoms with E-state index in [4.69, 9.17) is 5.11 Å². The highest BCUT2D eigenvalue weighted by atomic mass is 16.4. The number of hydrogen-bond donors (Lipinski definition) is 2. The van der Waals surface area contributed by atoms with Crippen LogP contribution in [0.15, 0.2) is 0 Å². The van der Waals surface area contributed by atoms with Gasteiger partial charge in [0.2, 0.25) is 0 Å². The van der Waals surface area contributed by atoms with Crippen LogP contribution in [0.2, 0.25) is 0 Å². The molecule has 0 spiro atoms. The molecular weight excluding hydrogens is 158 g/mol. The van der Waals surface area contributed by atoms with Crippen molar-refractivity contribution in [3.63, 3.8) is 0 Å². The van der Waals surface area contributed by atoms with Crippen LogP contribution in [-0.2, 0) is 4.79 Å². The van der Waals surface area contributed by atoms with Crippen molar-refractivity contribution >= 4 is 11.9 Å². The number of carbonyl (C=O) groups is 2. The molecule has 0 aromatic heterocycles. The molecule has 0 aliphatic heterocycles. The Balaban J connectivity index is 2.27. The quantitative estimate of drug-likeness (QED) is 0.662. The first-order chi connectivity index (χ1) is 5.43. The monoisotopic (exact) mass is 171 g/mol. The number of amides is 1. The van der Waals surface area contributed by atoms with Crippen LogP contribution in [0, 0.1) is 11.3 Å². The summed E-state index contributed by atoms with van der Waals surface area (Å²) in [6, 6.07) is 0. The average Bonchev–Trinajstić information content (AvgIpc) is 2.55. The molecule has 1 atom stereocenters. The van der Waals surface area contributed by atoms with Crippen LogP contribution in [0.4, 0.5) is 4.79 Å². The topological polar surface area (TPSA) is 66.4 Å². The van der Waals surface area contributed by atoms with Gasteiger partial charge in [0.05, 0.1) is 6.54 Å². The van der Waals surface area contributed by atoms with Crippen molar-refractivity contribution in [2.75, 3.05) is 6.54 Å². The molecule has 1 saturated carbocycles. The molecule has 1 rings (SSSR count). The summed E-state index contributed by atoms with van der Waals surface area (Å²) in [5.41, 5.74) is 0.0945. The molecule has 0 aromatic rings. The number of Topliss-reactive ketones (excluding diaryl/α,β-unsaturated/α-hetero) is 1. The maximum atomic E-state index is 11.2. The van der Waals surface area contributed by atoms with Gasteiger partial charge in [0.1, 0.15) is 0 Å². The molecule has 12 heavy (non-hydrogen) atoms. The van der Waals surface area contributed by atoms with E-state index in [-0.39, 0.29) is 23.7 Å². The van der Waals surface area contributed by atoms with Crippen LogP contribution in [0.1, 0.15) is 20.3 Å². The molecule has 2 N–H and O–H groups in total. The van der Waals surface area contributed by atoms with Gasteiger partial charge in [-0.25, -0.2) is 4.79 Å². The van der Waals surface area contributed by atoms with E-state index in [2.05, 4.69) is 5.32 Å². The molecule has 4 heteroatoms. The third-order valence-electron chi connectivity index (χ3n) is 2.32. The summed E-state index contributed by atoms with van der Waals surface area (Å²) in [4.78, 5) is 21.2. The normalized spacial score (nSPS) is 24.7. The zero-order valence-corrected chi connectivity index (χ0v) is 7.26. The molecule has 1 aliphatic rings. The first-order valence-corrected chi connectivity index (χ1v) is 3.93. The van der Waals surface area contributed by atoms with Gasteiger partial charge in [-0.3, -0.25) is 4.79 Å². The molecule has 1 unspecified atom stereocenters. The molecule has 68 valence electrons. The van der Waals surface area contributed by atoms with Gasteiger partial charge < -0.3 is 10.4 Å². The number of hydrogen-bond acceptors (Lipinski definition) is 2. The molecule has 0 heterocycles. The molecule has 0 aromatic carbocycles. The van der Waals surface area contributed by atoms with Crippen LogP contribution in [-0.4, -0.2) is 23.5 Å². The summed E-state index contributed by atoms with van der Waals surface area (Å²) < 4.78 is 0. The molecule has 0 saturated heterocycles. The standard InChI is InChI=1S/C8H13NO3/c1-8(2)3-5(8)6(10)4-9-7(11)12/h5,9H,3-4H2,1-2H3,(H,11,12). The zero-order valence-electron chi connectivity index (χ0n) is 7.26. The second-order valence-corrected chi connectivity index (χ2v) is 3.87. The lowest BCUT2D eigenvalue weighted by Gasteiger charge is -2.01. The van der Waals surface area contributed by atoms with Crippen molar-refractivity contribution in [1.29, 1.82) is 0 Å². The van der Waals surface area contributed by atoms with E-state index < -0.39 is 6.09 Å². The summed E-state index contributed by atoms with van der Waals surface area (Å²) in [5.74, 6) is 0.0618. The molecule has 4 nitrogen and oxygen atoms in total. The third kappa shape index (κ3) is 1.96. The Hall–Kier alpha value is -1.06. The largest absolute Gasteiger partial charge is 0.465 e. The second kappa shape index (κ2) is 2.77. The van der Waals surface area contributed by atoms with E-state index in [1.807, 2.05) is 13.8 Å². The predicted octanol–water partition coefficient (Wildman–Crippen LogP) is 0.869. The highest BCUT2D eigenvalue weighted by Crippen LogP contribution is 2.51. The summed E-state index contributed by atoms with van der Waals surface area (Å²) in [5, 5.41) is 10.3. The van der Waals surface area contributed by atoms with Crippen LogP contribution < -0.4 is 5.32 Å². The van der Waals surface area contributed by atoms with Gasteiger partial charge in [-0.2, -0.15) is 0 Å². The van der Waals surface area contributed by atoms with E-state index in [1.54, 1.807) is 0 Å². The Morgan fingerprint density at radius 3 is 2.42 bits per heavy atom. The smallest absolute Gasteiger partial charge is 0.405 e. The van der Waals surface area contributed by atoms with E-state index in [1.165, 1.54) is 0 Å². The van der Waals surface area contributed by atoms with Gasteiger partial charge in [-0.15, -0.1) is 0 Å². The van der Waals surface area contributed by atoms with Crippen molar-refractivity contribution in [3.05, 3.63) is 0 Å². The molecule has 0 bridgehead atoms. The predicted molar refractivity (Wildman–Crippen MR) is 42.9 cm³/mol. The average molecular weight is 171 g/mol. The minimum Gasteiger partial charge on any atom is -0.465 e. The Kier molecular flexibility index (Phi) is 2.08. The fourth-order valence-electron chi connectivity index (χ4n) is 1.30. The maximum absolute atomic E-state index is 11.2. The SMILES string of the molecule is CC1(C)CC1C(=O)CNC(=O)O. The van der Waals surface area contributed by atoms with E-state index in [0.717, 1.165) is 6.42 Å². The van der Waals surface area contributed by atoms with Crippen molar-refractivity contribution in [1.82, 2.24) is 5.32 Å². The van der Waals surface area contributed by atoms with Crippen LogP contribution in [0.25, 0.3) is 0 Å².